The van der Waals surface area contributed by atoms with Gasteiger partial charge in [0.2, 0.25) is 0 Å². The Hall–Kier alpha value is -1.68. The second-order valence-corrected chi connectivity index (χ2v) is 4.46. The largest absolute Gasteiger partial charge is 0.379 e. The predicted octanol–water partition coefficient (Wildman–Crippen LogP) is 5.03. The molecule has 5 heteroatoms. The predicted molar refractivity (Wildman–Crippen MR) is 70.1 cm³/mol. The van der Waals surface area contributed by atoms with Gasteiger partial charge in [-0.2, -0.15) is 0 Å². The maximum Gasteiger partial charge on any atom is 0.263 e. The highest BCUT2D eigenvalue weighted by Crippen LogP contribution is 2.22. The first-order valence-electron chi connectivity index (χ1n) is 5.62. The van der Waals surface area contributed by atoms with Gasteiger partial charge in [0.1, 0.15) is 5.82 Å². The van der Waals surface area contributed by atoms with Crippen molar-refractivity contribution in [1.29, 1.82) is 0 Å². The SMILES string of the molecule is Fc1ccc(Cl)cc1NCc1cccc(C(F)F)c1. The van der Waals surface area contributed by atoms with Crippen LogP contribution in [-0.4, -0.2) is 0 Å². The van der Waals surface area contributed by atoms with E-state index in [9.17, 15) is 13.2 Å². The topological polar surface area (TPSA) is 12.0 Å². The van der Waals surface area contributed by atoms with Crippen LogP contribution in [-0.2, 0) is 6.54 Å². The summed E-state index contributed by atoms with van der Waals surface area (Å²) in [6, 6.07) is 10.1. The third-order valence-electron chi connectivity index (χ3n) is 2.61. The lowest BCUT2D eigenvalue weighted by atomic mass is 10.1. The molecule has 2 aromatic carbocycles. The van der Waals surface area contributed by atoms with Crippen LogP contribution < -0.4 is 5.32 Å². The molecule has 100 valence electrons. The normalized spacial score (nSPS) is 10.8. The van der Waals surface area contributed by atoms with Crippen molar-refractivity contribution in [3.8, 4) is 0 Å². The minimum Gasteiger partial charge on any atom is -0.379 e. The molecular formula is C14H11ClF3N. The molecule has 0 heterocycles. The summed E-state index contributed by atoms with van der Waals surface area (Å²) in [6.07, 6.45) is -2.51. The molecular weight excluding hydrogens is 275 g/mol. The Kier molecular flexibility index (Phi) is 4.32. The van der Waals surface area contributed by atoms with Gasteiger partial charge in [-0.05, 0) is 29.8 Å². The van der Waals surface area contributed by atoms with E-state index in [-0.39, 0.29) is 17.8 Å². The first-order valence-corrected chi connectivity index (χ1v) is 6.00. The average Bonchev–Trinajstić information content (AvgIpc) is 2.40. The number of anilines is 1. The molecule has 2 aromatic rings. The number of nitrogens with one attached hydrogen (secondary N) is 1. The molecule has 1 nitrogen and oxygen atoms in total. The lowest BCUT2D eigenvalue weighted by Gasteiger charge is -2.09. The summed E-state index contributed by atoms with van der Waals surface area (Å²) in [4.78, 5) is 0. The molecule has 1 N–H and O–H groups in total. The number of hydrogen-bond donors (Lipinski definition) is 1. The van der Waals surface area contributed by atoms with Gasteiger partial charge in [-0.1, -0.05) is 29.8 Å². The van der Waals surface area contributed by atoms with Crippen LogP contribution in [0.3, 0.4) is 0 Å². The lowest BCUT2D eigenvalue weighted by molar-refractivity contribution is 0.151. The zero-order valence-corrected chi connectivity index (χ0v) is 10.6. The van der Waals surface area contributed by atoms with E-state index in [0.717, 1.165) is 0 Å². The Morgan fingerprint density at radius 2 is 1.89 bits per heavy atom. The van der Waals surface area contributed by atoms with E-state index >= 15 is 0 Å². The van der Waals surface area contributed by atoms with Crippen molar-refractivity contribution < 1.29 is 13.2 Å². The fourth-order valence-electron chi connectivity index (χ4n) is 1.67. The fourth-order valence-corrected chi connectivity index (χ4v) is 1.84. The summed E-state index contributed by atoms with van der Waals surface area (Å²) in [5.74, 6) is -0.436. The maximum absolute atomic E-state index is 13.4. The van der Waals surface area contributed by atoms with Gasteiger partial charge in [-0.15, -0.1) is 0 Å². The van der Waals surface area contributed by atoms with Crippen LogP contribution in [0, 0.1) is 5.82 Å². The number of alkyl halides is 2. The van der Waals surface area contributed by atoms with E-state index in [0.29, 0.717) is 10.6 Å². The summed E-state index contributed by atoms with van der Waals surface area (Å²) in [5.41, 5.74) is 0.845. The maximum atomic E-state index is 13.4. The zero-order valence-electron chi connectivity index (χ0n) is 9.84. The monoisotopic (exact) mass is 285 g/mol. The second kappa shape index (κ2) is 5.97. The van der Waals surface area contributed by atoms with E-state index < -0.39 is 12.2 Å². The molecule has 0 radical (unpaired) electrons. The van der Waals surface area contributed by atoms with Crippen molar-refractivity contribution in [1.82, 2.24) is 0 Å². The highest BCUT2D eigenvalue weighted by atomic mass is 35.5. The molecule has 0 fully saturated rings. The lowest BCUT2D eigenvalue weighted by Crippen LogP contribution is -2.02. The van der Waals surface area contributed by atoms with Crippen molar-refractivity contribution in [2.45, 2.75) is 13.0 Å². The number of rotatable bonds is 4. The van der Waals surface area contributed by atoms with E-state index in [1.165, 1.54) is 30.3 Å². The zero-order chi connectivity index (χ0) is 13.8. The van der Waals surface area contributed by atoms with Crippen LogP contribution in [0.1, 0.15) is 17.6 Å². The molecule has 0 amide bonds. The molecule has 19 heavy (non-hydrogen) atoms. The van der Waals surface area contributed by atoms with E-state index in [4.69, 9.17) is 11.6 Å². The van der Waals surface area contributed by atoms with Gasteiger partial charge in [0.15, 0.2) is 0 Å². The van der Waals surface area contributed by atoms with Crippen LogP contribution in [0.15, 0.2) is 42.5 Å². The molecule has 0 saturated heterocycles. The van der Waals surface area contributed by atoms with E-state index in [1.54, 1.807) is 12.1 Å². The minimum absolute atomic E-state index is 0.0501. The molecule has 0 atom stereocenters. The number of halogens is 4. The molecule has 0 unspecified atom stereocenters. The highest BCUT2D eigenvalue weighted by Gasteiger charge is 2.07. The van der Waals surface area contributed by atoms with Gasteiger partial charge < -0.3 is 5.32 Å². The molecule has 2 rings (SSSR count). The van der Waals surface area contributed by atoms with Crippen molar-refractivity contribution in [3.63, 3.8) is 0 Å². The van der Waals surface area contributed by atoms with Gasteiger partial charge in [0.05, 0.1) is 5.69 Å². The summed E-state index contributed by atoms with van der Waals surface area (Å²) < 4.78 is 38.5. The molecule has 0 spiro atoms. The standard InChI is InChI=1S/C14H11ClF3N/c15-11-4-5-12(16)13(7-11)19-8-9-2-1-3-10(6-9)14(17)18/h1-7,14,19H,8H2. The highest BCUT2D eigenvalue weighted by molar-refractivity contribution is 6.30. The minimum atomic E-state index is -2.51. The Bertz CT molecular complexity index is 572. The van der Waals surface area contributed by atoms with Gasteiger partial charge in [0.25, 0.3) is 6.43 Å². The van der Waals surface area contributed by atoms with Crippen molar-refractivity contribution >= 4 is 17.3 Å². The second-order valence-electron chi connectivity index (χ2n) is 4.02. The van der Waals surface area contributed by atoms with Crippen LogP contribution in [0.2, 0.25) is 5.02 Å². The van der Waals surface area contributed by atoms with Gasteiger partial charge in [0, 0.05) is 17.1 Å². The van der Waals surface area contributed by atoms with Gasteiger partial charge >= 0.3 is 0 Å². The van der Waals surface area contributed by atoms with Crippen LogP contribution >= 0.6 is 11.6 Å². The Morgan fingerprint density at radius 1 is 1.11 bits per heavy atom. The van der Waals surface area contributed by atoms with Crippen molar-refractivity contribution in [2.24, 2.45) is 0 Å². The summed E-state index contributed by atoms with van der Waals surface area (Å²) >= 11 is 5.76. The quantitative estimate of drug-likeness (QED) is 0.831. The smallest absolute Gasteiger partial charge is 0.263 e. The Morgan fingerprint density at radius 3 is 2.63 bits per heavy atom. The molecule has 0 saturated carbocycles. The summed E-state index contributed by atoms with van der Waals surface area (Å²) in [7, 11) is 0. The molecule has 0 aliphatic carbocycles. The van der Waals surface area contributed by atoms with Gasteiger partial charge in [-0.3, -0.25) is 0 Å². The van der Waals surface area contributed by atoms with Crippen LogP contribution in [0.25, 0.3) is 0 Å². The third-order valence-corrected chi connectivity index (χ3v) is 2.85. The van der Waals surface area contributed by atoms with Crippen LogP contribution in [0.5, 0.6) is 0 Å². The van der Waals surface area contributed by atoms with Crippen molar-refractivity contribution in [3.05, 3.63) is 64.4 Å². The molecule has 0 bridgehead atoms. The molecule has 0 aliphatic heterocycles. The Labute approximate surface area is 114 Å². The average molecular weight is 286 g/mol. The Balaban J connectivity index is 2.10. The van der Waals surface area contributed by atoms with Crippen molar-refractivity contribution in [2.75, 3.05) is 5.32 Å². The summed E-state index contributed by atoms with van der Waals surface area (Å²) in [6.45, 7) is 0.248. The molecule has 0 aromatic heterocycles. The number of benzene rings is 2. The fraction of sp³-hybridized carbons (Fsp3) is 0.143. The molecule has 0 aliphatic rings. The first-order chi connectivity index (χ1) is 9.06. The van der Waals surface area contributed by atoms with Crippen LogP contribution in [0.4, 0.5) is 18.9 Å². The van der Waals surface area contributed by atoms with E-state index in [2.05, 4.69) is 5.32 Å². The first kappa shape index (κ1) is 13.7. The number of hydrogen-bond acceptors (Lipinski definition) is 1. The summed E-state index contributed by atoms with van der Waals surface area (Å²) in [5, 5.41) is 3.24. The van der Waals surface area contributed by atoms with Gasteiger partial charge in [-0.25, -0.2) is 13.2 Å². The van der Waals surface area contributed by atoms with E-state index in [1.807, 2.05) is 0 Å². The third kappa shape index (κ3) is 3.64.